The number of halogens is 6. The Bertz CT molecular complexity index is 495. The maximum absolute atomic E-state index is 12.2. The van der Waals surface area contributed by atoms with Crippen molar-refractivity contribution in [1.29, 1.82) is 5.26 Å². The number of benzene rings is 1. The standard InChI is InChI=1S/C7H5Cl2F3N2.C5H9NO2.ClH/c8-5-3-4(7(10,11)12)1-2-6(5)13-14-9;1-7-5(8-2)3-4-6;/h1-3,13-14H;5H,3H2,1-2H3;1H. The fourth-order valence-corrected chi connectivity index (χ4v) is 1.51. The smallest absolute Gasteiger partial charge is 0.355 e. The molecule has 2 N–H and O–H groups in total. The van der Waals surface area contributed by atoms with E-state index < -0.39 is 11.7 Å². The third-order valence-electron chi connectivity index (χ3n) is 2.26. The van der Waals surface area contributed by atoms with E-state index in [0.29, 0.717) is 0 Å². The fourth-order valence-electron chi connectivity index (χ4n) is 1.18. The van der Waals surface area contributed by atoms with Gasteiger partial charge in [-0.2, -0.15) is 18.4 Å². The zero-order valence-corrected chi connectivity index (χ0v) is 14.4. The minimum Gasteiger partial charge on any atom is -0.355 e. The van der Waals surface area contributed by atoms with E-state index in [0.717, 1.165) is 12.1 Å². The van der Waals surface area contributed by atoms with E-state index in [2.05, 4.69) is 5.43 Å². The number of hydrazine groups is 1. The first-order chi connectivity index (χ1) is 10.3. The number of nitriles is 1. The van der Waals surface area contributed by atoms with Crippen LogP contribution < -0.4 is 10.4 Å². The van der Waals surface area contributed by atoms with Crippen LogP contribution >= 0.6 is 35.8 Å². The summed E-state index contributed by atoms with van der Waals surface area (Å²) >= 11 is 10.6. The first-order valence-corrected chi connectivity index (χ1v) is 6.46. The molecule has 0 saturated heterocycles. The number of hydrogen-bond acceptors (Lipinski definition) is 5. The molecule has 0 aliphatic carbocycles. The monoisotopic (exact) mass is 395 g/mol. The molecule has 1 aromatic rings. The molecule has 0 atom stereocenters. The highest BCUT2D eigenvalue weighted by Crippen LogP contribution is 2.33. The highest BCUT2D eigenvalue weighted by atomic mass is 35.5. The van der Waals surface area contributed by atoms with Gasteiger partial charge in [-0.25, -0.2) is 0 Å². The summed E-state index contributed by atoms with van der Waals surface area (Å²) in [7, 11) is 3.01. The third kappa shape index (κ3) is 9.71. The number of alkyl halides is 3. The first kappa shape index (κ1) is 24.3. The quantitative estimate of drug-likeness (QED) is 0.439. The van der Waals surface area contributed by atoms with E-state index in [-0.39, 0.29) is 35.8 Å². The van der Waals surface area contributed by atoms with Gasteiger partial charge in [-0.3, -0.25) is 0 Å². The van der Waals surface area contributed by atoms with Crippen LogP contribution in [-0.4, -0.2) is 20.5 Å². The van der Waals surface area contributed by atoms with Gasteiger partial charge in [0, 0.05) is 14.2 Å². The Hall–Kier alpha value is -0.950. The second kappa shape index (κ2) is 12.5. The van der Waals surface area contributed by atoms with Gasteiger partial charge in [-0.1, -0.05) is 11.6 Å². The van der Waals surface area contributed by atoms with Crippen molar-refractivity contribution in [3.63, 3.8) is 0 Å². The molecular weight excluding hydrogens is 382 g/mol. The van der Waals surface area contributed by atoms with Crippen LogP contribution in [0.5, 0.6) is 0 Å². The van der Waals surface area contributed by atoms with E-state index in [9.17, 15) is 13.2 Å². The van der Waals surface area contributed by atoms with Crippen LogP contribution in [0.2, 0.25) is 5.02 Å². The third-order valence-corrected chi connectivity index (χ3v) is 2.67. The largest absolute Gasteiger partial charge is 0.416 e. The van der Waals surface area contributed by atoms with E-state index in [1.807, 2.05) is 11.0 Å². The van der Waals surface area contributed by atoms with Crippen molar-refractivity contribution in [2.24, 2.45) is 0 Å². The summed E-state index contributed by atoms with van der Waals surface area (Å²) in [5.74, 6) is 0. The molecule has 0 amide bonds. The Labute approximate surface area is 148 Å². The van der Waals surface area contributed by atoms with Crippen LogP contribution in [0, 0.1) is 11.3 Å². The number of ether oxygens (including phenoxy) is 2. The molecule has 0 heterocycles. The Morgan fingerprint density at radius 3 is 2.17 bits per heavy atom. The molecule has 0 unspecified atom stereocenters. The molecule has 0 bridgehead atoms. The molecule has 0 radical (unpaired) electrons. The van der Waals surface area contributed by atoms with Crippen molar-refractivity contribution >= 4 is 41.5 Å². The van der Waals surface area contributed by atoms with Crippen LogP contribution in [0.1, 0.15) is 12.0 Å². The van der Waals surface area contributed by atoms with Crippen molar-refractivity contribution in [2.45, 2.75) is 18.9 Å². The number of nitrogens with one attached hydrogen (secondary N) is 2. The number of hydrogen-bond donors (Lipinski definition) is 2. The molecule has 0 aliphatic heterocycles. The molecule has 0 spiro atoms. The fraction of sp³-hybridized carbons (Fsp3) is 0.417. The van der Waals surface area contributed by atoms with Gasteiger partial charge in [0.15, 0.2) is 6.29 Å². The van der Waals surface area contributed by atoms with E-state index in [4.69, 9.17) is 38.1 Å². The lowest BCUT2D eigenvalue weighted by molar-refractivity contribution is -0.137. The molecular formula is C12H15Cl3F3N3O2. The normalized spacial score (nSPS) is 10.2. The zero-order chi connectivity index (χ0) is 17.2. The predicted octanol–water partition coefficient (Wildman–Crippen LogP) is 4.37. The van der Waals surface area contributed by atoms with Gasteiger partial charge in [-0.15, -0.1) is 17.4 Å². The average molecular weight is 397 g/mol. The van der Waals surface area contributed by atoms with Crippen LogP contribution in [0.4, 0.5) is 18.9 Å². The van der Waals surface area contributed by atoms with Gasteiger partial charge in [0.1, 0.15) is 0 Å². The lowest BCUT2D eigenvalue weighted by Crippen LogP contribution is -2.10. The van der Waals surface area contributed by atoms with Crippen LogP contribution in [0.25, 0.3) is 0 Å². The molecule has 1 rings (SSSR count). The highest BCUT2D eigenvalue weighted by Gasteiger charge is 2.30. The topological polar surface area (TPSA) is 66.3 Å². The SMILES string of the molecule is COC(CC#N)OC.Cl.FC(F)(F)c1ccc(NNCl)c(Cl)c1. The van der Waals surface area contributed by atoms with Crippen LogP contribution in [0.15, 0.2) is 18.2 Å². The summed E-state index contributed by atoms with van der Waals surface area (Å²) in [4.78, 5) is 2.04. The Morgan fingerprint density at radius 1 is 1.30 bits per heavy atom. The number of methoxy groups -OCH3 is 2. The zero-order valence-electron chi connectivity index (χ0n) is 12.1. The maximum Gasteiger partial charge on any atom is 0.416 e. The molecule has 0 aliphatic rings. The number of anilines is 1. The molecule has 11 heteroatoms. The molecule has 23 heavy (non-hydrogen) atoms. The Morgan fingerprint density at radius 2 is 1.87 bits per heavy atom. The summed E-state index contributed by atoms with van der Waals surface area (Å²) in [6.07, 6.45) is -4.47. The lowest BCUT2D eigenvalue weighted by atomic mass is 10.2. The van der Waals surface area contributed by atoms with Gasteiger partial charge in [-0.05, 0) is 30.0 Å². The summed E-state index contributed by atoms with van der Waals surface area (Å²) in [6.45, 7) is 0. The average Bonchev–Trinajstić information content (AvgIpc) is 2.46. The second-order valence-electron chi connectivity index (χ2n) is 3.68. The van der Waals surface area contributed by atoms with Crippen molar-refractivity contribution in [2.75, 3.05) is 19.6 Å². The van der Waals surface area contributed by atoms with Crippen molar-refractivity contribution < 1.29 is 22.6 Å². The Kier molecular flexibility index (Phi) is 13.2. The highest BCUT2D eigenvalue weighted by molar-refractivity contribution is 6.33. The number of nitrogens with zero attached hydrogens (tertiary/aromatic N) is 1. The summed E-state index contributed by atoms with van der Waals surface area (Å²) in [5.41, 5.74) is 1.84. The maximum atomic E-state index is 12.2. The van der Waals surface area contributed by atoms with E-state index in [1.54, 1.807) is 0 Å². The van der Waals surface area contributed by atoms with Gasteiger partial charge in [0.05, 0.1) is 28.8 Å². The molecule has 5 nitrogen and oxygen atoms in total. The molecule has 132 valence electrons. The van der Waals surface area contributed by atoms with Gasteiger partial charge in [0.25, 0.3) is 0 Å². The minimum absolute atomic E-state index is 0. The van der Waals surface area contributed by atoms with Crippen LogP contribution in [-0.2, 0) is 15.7 Å². The lowest BCUT2D eigenvalue weighted by Gasteiger charge is -2.09. The van der Waals surface area contributed by atoms with Crippen LogP contribution in [0.3, 0.4) is 0 Å². The molecule has 0 aromatic heterocycles. The van der Waals surface area contributed by atoms with Crippen molar-refractivity contribution in [3.05, 3.63) is 28.8 Å². The summed E-state index contributed by atoms with van der Waals surface area (Å²) in [6, 6.07) is 4.82. The second-order valence-corrected chi connectivity index (χ2v) is 4.27. The van der Waals surface area contributed by atoms with Gasteiger partial charge < -0.3 is 14.9 Å². The predicted molar refractivity (Wildman–Crippen MR) is 84.3 cm³/mol. The van der Waals surface area contributed by atoms with E-state index >= 15 is 0 Å². The Balaban J connectivity index is 0. The molecule has 0 fully saturated rings. The van der Waals surface area contributed by atoms with Gasteiger partial charge in [0.2, 0.25) is 0 Å². The number of rotatable bonds is 5. The van der Waals surface area contributed by atoms with Crippen molar-refractivity contribution in [1.82, 2.24) is 4.94 Å². The summed E-state index contributed by atoms with van der Waals surface area (Å²) in [5, 5.41) is 8.03. The van der Waals surface area contributed by atoms with E-state index in [1.165, 1.54) is 20.3 Å². The first-order valence-electron chi connectivity index (χ1n) is 5.71. The molecule has 1 aromatic carbocycles. The minimum atomic E-state index is -4.39. The summed E-state index contributed by atoms with van der Waals surface area (Å²) < 4.78 is 45.9. The molecule has 0 saturated carbocycles. The van der Waals surface area contributed by atoms with Crippen molar-refractivity contribution in [3.8, 4) is 6.07 Å². The van der Waals surface area contributed by atoms with Gasteiger partial charge >= 0.3 is 6.18 Å².